The maximum absolute atomic E-state index is 15.0. The third-order valence-electron chi connectivity index (χ3n) is 10.2. The normalized spacial score (nSPS) is 17.7. The molecule has 7 rings (SSSR count). The van der Waals surface area contributed by atoms with Gasteiger partial charge in [-0.15, -0.1) is 0 Å². The molecule has 1 unspecified atom stereocenters. The second-order valence-corrected chi connectivity index (χ2v) is 14.8. The summed E-state index contributed by atoms with van der Waals surface area (Å²) in [5.74, 6) is -3.05. The van der Waals surface area contributed by atoms with Crippen LogP contribution in [0.25, 0.3) is 6.08 Å². The van der Waals surface area contributed by atoms with Crippen LogP contribution < -0.4 is 27.0 Å². The summed E-state index contributed by atoms with van der Waals surface area (Å²) in [6.45, 7) is 2.06. The van der Waals surface area contributed by atoms with Gasteiger partial charge in [0.25, 0.3) is 5.91 Å². The Morgan fingerprint density at radius 3 is 2.55 bits per heavy atom. The molecule has 318 valence electrons. The number of rotatable bonds is 15. The zero-order valence-electron chi connectivity index (χ0n) is 33.3. The smallest absolute Gasteiger partial charge is 0.255 e. The van der Waals surface area contributed by atoms with Gasteiger partial charge in [0.1, 0.15) is 24.3 Å². The van der Waals surface area contributed by atoms with Gasteiger partial charge in [0, 0.05) is 77.3 Å². The highest BCUT2D eigenvalue weighted by Crippen LogP contribution is 2.33. The van der Waals surface area contributed by atoms with Crippen molar-refractivity contribution < 1.29 is 32.7 Å². The molecule has 6 N–H and O–H groups in total. The number of imide groups is 1. The Bertz CT molecular complexity index is 2520. The summed E-state index contributed by atoms with van der Waals surface area (Å²) < 4.78 is 35.6. The molecule has 0 radical (unpaired) electrons. The molecule has 3 aliphatic heterocycles. The van der Waals surface area contributed by atoms with Crippen molar-refractivity contribution in [1.29, 1.82) is 0 Å². The van der Waals surface area contributed by atoms with E-state index in [9.17, 15) is 19.2 Å². The number of aliphatic imine (C=N–C) groups is 3. The lowest BCUT2D eigenvalue weighted by atomic mass is 9.93. The zero-order chi connectivity index (χ0) is 43.6. The van der Waals surface area contributed by atoms with Gasteiger partial charge in [0.05, 0.1) is 42.2 Å². The van der Waals surface area contributed by atoms with Crippen LogP contribution in [0.3, 0.4) is 0 Å². The first-order valence-corrected chi connectivity index (χ1v) is 20.1. The summed E-state index contributed by atoms with van der Waals surface area (Å²) in [6, 6.07) is 20.5. The number of nitrogens with two attached hydrogens (primary N) is 1. The van der Waals surface area contributed by atoms with Crippen molar-refractivity contribution in [2.24, 2.45) is 20.7 Å². The van der Waals surface area contributed by atoms with Crippen molar-refractivity contribution in [3.05, 3.63) is 147 Å². The van der Waals surface area contributed by atoms with Crippen LogP contribution in [0.5, 0.6) is 0 Å². The van der Waals surface area contributed by atoms with E-state index < -0.39 is 23.6 Å². The third kappa shape index (κ3) is 10.2. The van der Waals surface area contributed by atoms with Gasteiger partial charge in [0.2, 0.25) is 17.7 Å². The number of carbonyl (C=O) groups excluding carboxylic acids is 4. The number of carbonyl (C=O) groups is 4. The number of hydrogen-bond donors (Lipinski definition) is 5. The maximum Gasteiger partial charge on any atom is 0.255 e. The van der Waals surface area contributed by atoms with Gasteiger partial charge in [-0.05, 0) is 72.8 Å². The van der Waals surface area contributed by atoms with E-state index >= 15 is 8.78 Å². The topological polar surface area (TPSA) is 192 Å². The lowest BCUT2D eigenvalue weighted by Gasteiger charge is -2.29. The fourth-order valence-corrected chi connectivity index (χ4v) is 7.40. The third-order valence-corrected chi connectivity index (χ3v) is 10.4. The monoisotopic (exact) mass is 861 g/mol. The van der Waals surface area contributed by atoms with E-state index in [0.717, 1.165) is 11.9 Å². The van der Waals surface area contributed by atoms with Crippen molar-refractivity contribution >= 4 is 70.4 Å². The van der Waals surface area contributed by atoms with E-state index in [1.807, 2.05) is 36.5 Å². The standard InChI is InChI=1S/C45H42ClF2N9O5/c46-29-9-12-31-33(21-29)43(41-35(47)4-2-5-36(41)48)53-23-28(22-52-26-49)42(31)54-30-10-7-27(8-11-30)15-16-50-17-18-51-19-20-62-25-40(59)55-37-6-1-3-32-34(37)24-57(45(32)61)38-13-14-39(58)56-44(38)60/h1-12,15-16,21-22,26,38,50-51H,13-14,17-20,23-25H2,(H2,49,52)(H,55,59)(H,56,58,60)/b16-15-,28-22-,54-42?. The molecule has 14 nitrogen and oxygen atoms in total. The van der Waals surface area contributed by atoms with Crippen molar-refractivity contribution in [2.45, 2.75) is 25.4 Å². The largest absolute Gasteiger partial charge is 0.390 e. The van der Waals surface area contributed by atoms with Crippen LogP contribution in [0.4, 0.5) is 20.2 Å². The van der Waals surface area contributed by atoms with E-state index in [-0.39, 0.29) is 61.5 Å². The van der Waals surface area contributed by atoms with Crippen LogP contribution in [0, 0.1) is 11.6 Å². The average molecular weight is 862 g/mol. The Hall–Kier alpha value is -6.88. The lowest BCUT2D eigenvalue weighted by Crippen LogP contribution is -2.52. The molecule has 3 aliphatic rings. The van der Waals surface area contributed by atoms with Crippen molar-refractivity contribution in [1.82, 2.24) is 20.9 Å². The Morgan fingerprint density at radius 1 is 0.984 bits per heavy atom. The minimum absolute atomic E-state index is 0.0232. The fraction of sp³-hybridized carbons (Fsp3) is 0.222. The van der Waals surface area contributed by atoms with E-state index in [0.29, 0.717) is 76.2 Å². The van der Waals surface area contributed by atoms with Gasteiger partial charge in [-0.1, -0.05) is 41.9 Å². The first-order valence-electron chi connectivity index (χ1n) is 19.8. The molecule has 62 heavy (non-hydrogen) atoms. The molecule has 4 aromatic carbocycles. The highest BCUT2D eigenvalue weighted by molar-refractivity contribution is 6.32. The predicted octanol–water partition coefficient (Wildman–Crippen LogP) is 5.03. The van der Waals surface area contributed by atoms with E-state index in [4.69, 9.17) is 27.1 Å². The Morgan fingerprint density at radius 2 is 1.77 bits per heavy atom. The average Bonchev–Trinajstić information content (AvgIpc) is 3.52. The van der Waals surface area contributed by atoms with E-state index in [1.165, 1.54) is 29.3 Å². The summed E-state index contributed by atoms with van der Waals surface area (Å²) in [5, 5.41) is 11.9. The summed E-state index contributed by atoms with van der Waals surface area (Å²) in [4.78, 5) is 64.7. The van der Waals surface area contributed by atoms with Gasteiger partial charge >= 0.3 is 0 Å². The second kappa shape index (κ2) is 20.1. The number of piperidine rings is 1. The number of nitrogens with one attached hydrogen (secondary N) is 4. The van der Waals surface area contributed by atoms with Crippen LogP contribution >= 0.6 is 11.6 Å². The molecule has 17 heteroatoms. The molecule has 4 amide bonds. The molecule has 3 heterocycles. The van der Waals surface area contributed by atoms with Crippen LogP contribution in [-0.4, -0.2) is 91.7 Å². The Labute approximate surface area is 360 Å². The van der Waals surface area contributed by atoms with Crippen LogP contribution in [0.15, 0.2) is 112 Å². The zero-order valence-corrected chi connectivity index (χ0v) is 34.1. The molecular formula is C45H42ClF2N9O5. The maximum atomic E-state index is 15.0. The quantitative estimate of drug-likeness (QED) is 0.0476. The van der Waals surface area contributed by atoms with Gasteiger partial charge in [-0.25, -0.2) is 18.8 Å². The van der Waals surface area contributed by atoms with Crippen molar-refractivity contribution in [3.8, 4) is 0 Å². The molecule has 4 aromatic rings. The number of amides is 4. The summed E-state index contributed by atoms with van der Waals surface area (Å²) in [7, 11) is 0. The Kier molecular flexibility index (Phi) is 14.0. The number of fused-ring (bicyclic) bond motifs is 2. The van der Waals surface area contributed by atoms with Crippen LogP contribution in [0.1, 0.15) is 51.0 Å². The van der Waals surface area contributed by atoms with Gasteiger partial charge in [-0.3, -0.25) is 29.5 Å². The predicted molar refractivity (Wildman–Crippen MR) is 234 cm³/mol. The van der Waals surface area contributed by atoms with Gasteiger partial charge in [0.15, 0.2) is 0 Å². The van der Waals surface area contributed by atoms with Crippen LogP contribution in [0.2, 0.25) is 5.02 Å². The fourth-order valence-electron chi connectivity index (χ4n) is 7.23. The lowest BCUT2D eigenvalue weighted by molar-refractivity contribution is -0.137. The number of benzene rings is 4. The number of hydrogen-bond acceptors (Lipinski definition) is 10. The molecule has 1 atom stereocenters. The molecule has 0 spiro atoms. The highest BCUT2D eigenvalue weighted by Gasteiger charge is 2.40. The Balaban J connectivity index is 0.864. The van der Waals surface area contributed by atoms with Crippen molar-refractivity contribution in [3.63, 3.8) is 0 Å². The summed E-state index contributed by atoms with van der Waals surface area (Å²) in [6.07, 6.45) is 6.81. The van der Waals surface area contributed by atoms with E-state index in [1.54, 1.807) is 36.4 Å². The van der Waals surface area contributed by atoms with Crippen molar-refractivity contribution in [2.75, 3.05) is 44.7 Å². The minimum atomic E-state index is -0.752. The molecule has 1 saturated heterocycles. The van der Waals surface area contributed by atoms with E-state index in [2.05, 4.69) is 31.3 Å². The number of nitrogens with zero attached hydrogens (tertiary/aromatic N) is 4. The first-order chi connectivity index (χ1) is 30.1. The molecule has 0 aromatic heterocycles. The molecular weight excluding hydrogens is 820 g/mol. The SMILES string of the molecule is NC=N/C=C1/CN=C(c2c(F)cccc2F)c2cc(Cl)ccc2C1=Nc1ccc(/C=C\NCCNCCOCC(=O)Nc2cccc3c2CN(C2CCC(=O)NC2=O)C3=O)cc1. The number of halogens is 3. The van der Waals surface area contributed by atoms with Crippen LogP contribution in [-0.2, 0) is 25.7 Å². The number of ether oxygens (including phenoxy) is 1. The first kappa shape index (κ1) is 43.2. The molecule has 1 fully saturated rings. The minimum Gasteiger partial charge on any atom is -0.390 e. The summed E-state index contributed by atoms with van der Waals surface area (Å²) in [5.41, 5.74) is 10.5. The molecule has 0 bridgehead atoms. The molecule has 0 saturated carbocycles. The number of anilines is 1. The summed E-state index contributed by atoms with van der Waals surface area (Å²) >= 11 is 6.38. The van der Waals surface area contributed by atoms with Gasteiger partial charge < -0.3 is 31.3 Å². The highest BCUT2D eigenvalue weighted by atomic mass is 35.5. The van der Waals surface area contributed by atoms with Gasteiger partial charge in [-0.2, -0.15) is 0 Å². The molecule has 0 aliphatic carbocycles. The second-order valence-electron chi connectivity index (χ2n) is 14.3.